The van der Waals surface area contributed by atoms with Crippen LogP contribution in [0.3, 0.4) is 0 Å². The number of alkyl halides is 3. The van der Waals surface area contributed by atoms with Crippen molar-refractivity contribution < 1.29 is 22.8 Å². The highest BCUT2D eigenvalue weighted by Crippen LogP contribution is 2.36. The molecular formula is C14H17F3N2O2S. The molecule has 0 saturated carbocycles. The predicted molar refractivity (Wildman–Crippen MR) is 78.6 cm³/mol. The minimum atomic E-state index is -4.36. The number of hydrogen-bond acceptors (Lipinski definition) is 3. The molecular weight excluding hydrogens is 317 g/mol. The van der Waals surface area contributed by atoms with E-state index < -0.39 is 11.4 Å². The lowest BCUT2D eigenvalue weighted by Gasteiger charge is -2.20. The Labute approximate surface area is 131 Å². The number of thioether (sulfide) groups is 1. The maximum atomic E-state index is 12.2. The second-order valence-corrected chi connectivity index (χ2v) is 5.48. The number of hydrogen-bond donors (Lipinski definition) is 1. The summed E-state index contributed by atoms with van der Waals surface area (Å²) in [5, 5.41) is 2.59. The van der Waals surface area contributed by atoms with E-state index in [4.69, 9.17) is 0 Å². The summed E-state index contributed by atoms with van der Waals surface area (Å²) < 4.78 is 36.7. The summed E-state index contributed by atoms with van der Waals surface area (Å²) in [7, 11) is 0. The van der Waals surface area contributed by atoms with Gasteiger partial charge in [0.25, 0.3) is 5.91 Å². The molecule has 1 rings (SSSR count). The molecule has 0 aliphatic carbocycles. The standard InChI is InChI=1S/C14H17F3N2O2S/c1-3-18-12(20)9-19(4-2)13(21)10-5-7-11(8-6-10)22-14(15,16)17/h5-8H,3-4,9H2,1-2H3,(H,18,20). The van der Waals surface area contributed by atoms with E-state index >= 15 is 0 Å². The van der Waals surface area contributed by atoms with Crippen LogP contribution < -0.4 is 5.32 Å². The van der Waals surface area contributed by atoms with Crippen LogP contribution in [0.2, 0.25) is 0 Å². The van der Waals surface area contributed by atoms with Gasteiger partial charge in [-0.1, -0.05) is 0 Å². The van der Waals surface area contributed by atoms with Crippen molar-refractivity contribution in [3.63, 3.8) is 0 Å². The van der Waals surface area contributed by atoms with Crippen molar-refractivity contribution in [2.45, 2.75) is 24.3 Å². The fourth-order valence-electron chi connectivity index (χ4n) is 1.74. The summed E-state index contributed by atoms with van der Waals surface area (Å²) >= 11 is -0.236. The average Bonchev–Trinajstić information content (AvgIpc) is 2.43. The van der Waals surface area contributed by atoms with Gasteiger partial charge in [-0.3, -0.25) is 9.59 Å². The summed E-state index contributed by atoms with van der Waals surface area (Å²) in [6.45, 7) is 4.21. The summed E-state index contributed by atoms with van der Waals surface area (Å²) in [4.78, 5) is 25.1. The van der Waals surface area contributed by atoms with Gasteiger partial charge in [0.05, 0.1) is 6.54 Å². The first-order chi connectivity index (χ1) is 10.3. The number of rotatable bonds is 6. The molecule has 0 bridgehead atoms. The van der Waals surface area contributed by atoms with Gasteiger partial charge in [-0.25, -0.2) is 0 Å². The zero-order chi connectivity index (χ0) is 16.8. The molecule has 0 radical (unpaired) electrons. The molecule has 4 nitrogen and oxygen atoms in total. The molecule has 1 aromatic carbocycles. The van der Waals surface area contributed by atoms with Crippen molar-refractivity contribution in [1.82, 2.24) is 10.2 Å². The van der Waals surface area contributed by atoms with Gasteiger partial charge in [0, 0.05) is 23.5 Å². The SMILES string of the molecule is CCNC(=O)CN(CC)C(=O)c1ccc(SC(F)(F)F)cc1. The maximum Gasteiger partial charge on any atom is 0.446 e. The van der Waals surface area contributed by atoms with E-state index in [-0.39, 0.29) is 34.7 Å². The van der Waals surface area contributed by atoms with Crippen LogP contribution in [0.15, 0.2) is 29.2 Å². The van der Waals surface area contributed by atoms with Crippen molar-refractivity contribution in [2.24, 2.45) is 0 Å². The van der Waals surface area contributed by atoms with E-state index in [1.807, 2.05) is 0 Å². The molecule has 0 aliphatic rings. The molecule has 2 amide bonds. The van der Waals surface area contributed by atoms with Gasteiger partial charge in [-0.15, -0.1) is 0 Å². The average molecular weight is 334 g/mol. The number of amides is 2. The van der Waals surface area contributed by atoms with Crippen LogP contribution >= 0.6 is 11.8 Å². The summed E-state index contributed by atoms with van der Waals surface area (Å²) in [5.74, 6) is -0.667. The maximum absolute atomic E-state index is 12.2. The molecule has 0 fully saturated rings. The highest BCUT2D eigenvalue weighted by molar-refractivity contribution is 8.00. The number of carbonyl (C=O) groups excluding carboxylic acids is 2. The Morgan fingerprint density at radius 2 is 1.77 bits per heavy atom. The molecule has 0 atom stereocenters. The summed E-state index contributed by atoms with van der Waals surface area (Å²) in [6, 6.07) is 5.14. The van der Waals surface area contributed by atoms with Gasteiger partial charge in [0.2, 0.25) is 5.91 Å². The van der Waals surface area contributed by atoms with Gasteiger partial charge in [0.1, 0.15) is 0 Å². The first-order valence-electron chi connectivity index (χ1n) is 6.68. The number of benzene rings is 1. The normalized spacial score (nSPS) is 11.1. The van der Waals surface area contributed by atoms with Gasteiger partial charge in [0.15, 0.2) is 0 Å². The number of halogens is 3. The van der Waals surface area contributed by atoms with Crippen LogP contribution in [0.1, 0.15) is 24.2 Å². The smallest absolute Gasteiger partial charge is 0.355 e. The predicted octanol–water partition coefficient (Wildman–Crippen LogP) is 2.90. The van der Waals surface area contributed by atoms with Crippen LogP contribution in [0.25, 0.3) is 0 Å². The van der Waals surface area contributed by atoms with E-state index in [0.29, 0.717) is 13.1 Å². The van der Waals surface area contributed by atoms with Gasteiger partial charge in [-0.05, 0) is 49.9 Å². The monoisotopic (exact) mass is 334 g/mol. The van der Waals surface area contributed by atoms with Crippen molar-refractivity contribution in [3.05, 3.63) is 29.8 Å². The van der Waals surface area contributed by atoms with Gasteiger partial charge < -0.3 is 10.2 Å². The first kappa shape index (κ1) is 18.3. The molecule has 0 unspecified atom stereocenters. The molecule has 122 valence electrons. The number of likely N-dealkylation sites (N-methyl/N-ethyl adjacent to an activating group) is 2. The second-order valence-electron chi connectivity index (χ2n) is 4.35. The Morgan fingerprint density at radius 3 is 2.23 bits per heavy atom. The van der Waals surface area contributed by atoms with E-state index in [0.717, 1.165) is 0 Å². The molecule has 0 heterocycles. The molecule has 0 saturated heterocycles. The lowest BCUT2D eigenvalue weighted by Crippen LogP contribution is -2.40. The number of nitrogens with one attached hydrogen (secondary N) is 1. The van der Waals surface area contributed by atoms with Gasteiger partial charge >= 0.3 is 5.51 Å². The van der Waals surface area contributed by atoms with E-state index in [1.54, 1.807) is 13.8 Å². The Hall–Kier alpha value is -1.70. The van der Waals surface area contributed by atoms with Gasteiger partial charge in [-0.2, -0.15) is 13.2 Å². The summed E-state index contributed by atoms with van der Waals surface area (Å²) in [6.07, 6.45) is 0. The van der Waals surface area contributed by atoms with Crippen LogP contribution in [0.5, 0.6) is 0 Å². The van der Waals surface area contributed by atoms with E-state index in [9.17, 15) is 22.8 Å². The van der Waals surface area contributed by atoms with Crippen LogP contribution in [0, 0.1) is 0 Å². The fourth-order valence-corrected chi connectivity index (χ4v) is 2.27. The van der Waals surface area contributed by atoms with Crippen LogP contribution in [-0.2, 0) is 4.79 Å². The lowest BCUT2D eigenvalue weighted by molar-refractivity contribution is -0.121. The second kappa shape index (κ2) is 8.07. The van der Waals surface area contributed by atoms with E-state index in [2.05, 4.69) is 5.32 Å². The zero-order valence-corrected chi connectivity index (χ0v) is 13.1. The summed E-state index contributed by atoms with van der Waals surface area (Å²) in [5.41, 5.74) is -4.11. The molecule has 8 heteroatoms. The number of nitrogens with zero attached hydrogens (tertiary/aromatic N) is 1. The third kappa shape index (κ3) is 5.97. The highest BCUT2D eigenvalue weighted by Gasteiger charge is 2.29. The van der Waals surface area contributed by atoms with Crippen LogP contribution in [0.4, 0.5) is 13.2 Å². The molecule has 0 spiro atoms. The minimum Gasteiger partial charge on any atom is -0.355 e. The topological polar surface area (TPSA) is 49.4 Å². The van der Waals surface area contributed by atoms with Crippen molar-refractivity contribution in [3.8, 4) is 0 Å². The van der Waals surface area contributed by atoms with Crippen molar-refractivity contribution >= 4 is 23.6 Å². The minimum absolute atomic E-state index is 0.0100. The molecule has 1 aromatic rings. The Balaban J connectivity index is 2.76. The molecule has 22 heavy (non-hydrogen) atoms. The third-order valence-corrected chi connectivity index (χ3v) is 3.45. The number of carbonyl (C=O) groups is 2. The first-order valence-corrected chi connectivity index (χ1v) is 7.50. The molecule has 0 aliphatic heterocycles. The van der Waals surface area contributed by atoms with E-state index in [1.165, 1.54) is 29.2 Å². The van der Waals surface area contributed by atoms with Crippen LogP contribution in [-0.4, -0.2) is 41.9 Å². The van der Waals surface area contributed by atoms with Crippen molar-refractivity contribution in [2.75, 3.05) is 19.6 Å². The molecule has 0 aromatic heterocycles. The Bertz CT molecular complexity index is 518. The van der Waals surface area contributed by atoms with Crippen molar-refractivity contribution in [1.29, 1.82) is 0 Å². The largest absolute Gasteiger partial charge is 0.446 e. The zero-order valence-electron chi connectivity index (χ0n) is 12.2. The lowest BCUT2D eigenvalue weighted by atomic mass is 10.2. The third-order valence-electron chi connectivity index (χ3n) is 2.71. The fraction of sp³-hybridized carbons (Fsp3) is 0.429. The Morgan fingerprint density at radius 1 is 1.18 bits per heavy atom. The Kier molecular flexibility index (Phi) is 6.73. The quantitative estimate of drug-likeness (QED) is 0.814. The molecule has 1 N–H and O–H groups in total. The highest BCUT2D eigenvalue weighted by atomic mass is 32.2.